The second-order valence-corrected chi connectivity index (χ2v) is 6.00. The maximum atomic E-state index is 12.3. The van der Waals surface area contributed by atoms with E-state index in [9.17, 15) is 14.7 Å². The van der Waals surface area contributed by atoms with Gasteiger partial charge in [0.1, 0.15) is 0 Å². The molecule has 2 unspecified atom stereocenters. The molecular weight excluding hydrogens is 315 g/mol. The van der Waals surface area contributed by atoms with Crippen LogP contribution in [0.1, 0.15) is 30.1 Å². The monoisotopic (exact) mass is 330 g/mol. The molecule has 0 radical (unpaired) electrons. The van der Waals surface area contributed by atoms with Gasteiger partial charge in [0.2, 0.25) is 5.91 Å². The number of carbonyl (C=O) groups is 2. The molecule has 0 aromatic heterocycles. The summed E-state index contributed by atoms with van der Waals surface area (Å²) in [6.07, 6.45) is 1.97. The van der Waals surface area contributed by atoms with Gasteiger partial charge in [0.15, 0.2) is 0 Å². The molecule has 0 aliphatic carbocycles. The molecule has 5 nitrogen and oxygen atoms in total. The Morgan fingerprint density at radius 3 is 2.71 bits per heavy atom. The van der Waals surface area contributed by atoms with Crippen LogP contribution in [0.15, 0.2) is 12.1 Å². The van der Waals surface area contributed by atoms with Crippen molar-refractivity contribution in [1.29, 1.82) is 0 Å². The van der Waals surface area contributed by atoms with Gasteiger partial charge >= 0.3 is 5.97 Å². The fourth-order valence-corrected chi connectivity index (χ4v) is 3.01. The molecule has 0 bridgehead atoms. The second kappa shape index (κ2) is 6.64. The number of amides is 1. The summed E-state index contributed by atoms with van der Waals surface area (Å²) in [5.74, 6) is -1.30. The number of piperidine rings is 1. The summed E-state index contributed by atoms with van der Waals surface area (Å²) in [5, 5.41) is 15.3. The fraction of sp³-hybridized carbons (Fsp3) is 0.429. The molecule has 1 aliphatic rings. The van der Waals surface area contributed by atoms with E-state index in [1.54, 1.807) is 0 Å². The zero-order valence-electron chi connectivity index (χ0n) is 11.5. The molecule has 21 heavy (non-hydrogen) atoms. The fourth-order valence-electron chi connectivity index (χ4n) is 2.47. The summed E-state index contributed by atoms with van der Waals surface area (Å²) in [6, 6.07) is 2.32. The Balaban J connectivity index is 2.26. The standard InChI is InChI=1S/C14H16Cl2N2O3/c1-7-3-2-4-17-11(7)13(19)18-12-9(14(20)21)5-8(15)6-10(12)16/h5-7,11,17H,2-4H2,1H3,(H,18,19)(H,20,21). The number of hydrogen-bond acceptors (Lipinski definition) is 3. The molecule has 1 aliphatic heterocycles. The lowest BCUT2D eigenvalue weighted by atomic mass is 9.92. The first-order valence-electron chi connectivity index (χ1n) is 6.66. The SMILES string of the molecule is CC1CCCNC1C(=O)Nc1c(Cl)cc(Cl)cc1C(=O)O. The predicted octanol–water partition coefficient (Wildman–Crippen LogP) is 3.02. The molecule has 1 aromatic carbocycles. The molecule has 2 rings (SSSR count). The van der Waals surface area contributed by atoms with Crippen LogP contribution in [0.25, 0.3) is 0 Å². The molecule has 1 amide bonds. The van der Waals surface area contributed by atoms with Crippen molar-refractivity contribution in [2.45, 2.75) is 25.8 Å². The normalized spacial score (nSPS) is 21.9. The van der Waals surface area contributed by atoms with E-state index in [0.717, 1.165) is 19.4 Å². The van der Waals surface area contributed by atoms with Gasteiger partial charge in [-0.2, -0.15) is 0 Å². The Morgan fingerprint density at radius 1 is 1.38 bits per heavy atom. The second-order valence-electron chi connectivity index (χ2n) is 5.16. The van der Waals surface area contributed by atoms with Crippen molar-refractivity contribution in [3.8, 4) is 0 Å². The van der Waals surface area contributed by atoms with Gasteiger partial charge in [0.05, 0.1) is 22.3 Å². The summed E-state index contributed by atoms with van der Waals surface area (Å²) in [6.45, 7) is 2.75. The highest BCUT2D eigenvalue weighted by molar-refractivity contribution is 6.37. The maximum Gasteiger partial charge on any atom is 0.337 e. The van der Waals surface area contributed by atoms with Crippen molar-refractivity contribution in [1.82, 2.24) is 5.32 Å². The van der Waals surface area contributed by atoms with Crippen molar-refractivity contribution < 1.29 is 14.7 Å². The van der Waals surface area contributed by atoms with Gasteiger partial charge in [-0.15, -0.1) is 0 Å². The van der Waals surface area contributed by atoms with Crippen molar-refractivity contribution in [3.63, 3.8) is 0 Å². The number of carboxylic acids is 1. The summed E-state index contributed by atoms with van der Waals surface area (Å²) < 4.78 is 0. The number of benzene rings is 1. The number of hydrogen-bond donors (Lipinski definition) is 3. The van der Waals surface area contributed by atoms with Crippen LogP contribution in [0, 0.1) is 5.92 Å². The first kappa shape index (κ1) is 16.1. The molecule has 1 aromatic rings. The van der Waals surface area contributed by atoms with Crippen molar-refractivity contribution in [2.75, 3.05) is 11.9 Å². The molecule has 0 saturated carbocycles. The molecule has 7 heteroatoms. The summed E-state index contributed by atoms with van der Waals surface area (Å²) in [5.41, 5.74) is -0.0394. The molecule has 1 saturated heterocycles. The quantitative estimate of drug-likeness (QED) is 0.796. The lowest BCUT2D eigenvalue weighted by Crippen LogP contribution is -2.48. The Labute approximate surface area is 132 Å². The smallest absolute Gasteiger partial charge is 0.337 e. The van der Waals surface area contributed by atoms with Crippen LogP contribution in [0.4, 0.5) is 5.69 Å². The van der Waals surface area contributed by atoms with Gasteiger partial charge in [-0.25, -0.2) is 4.79 Å². The van der Waals surface area contributed by atoms with Gasteiger partial charge in [0, 0.05) is 5.02 Å². The third kappa shape index (κ3) is 3.67. The third-order valence-electron chi connectivity index (χ3n) is 3.59. The molecule has 0 spiro atoms. The number of anilines is 1. The average Bonchev–Trinajstić information content (AvgIpc) is 2.41. The van der Waals surface area contributed by atoms with Gasteiger partial charge in [-0.05, 0) is 37.4 Å². The number of carbonyl (C=O) groups excluding carboxylic acids is 1. The third-order valence-corrected chi connectivity index (χ3v) is 4.10. The predicted molar refractivity (Wildman–Crippen MR) is 82.2 cm³/mol. The van der Waals surface area contributed by atoms with Gasteiger partial charge < -0.3 is 15.7 Å². The minimum Gasteiger partial charge on any atom is -0.478 e. The van der Waals surface area contributed by atoms with E-state index in [1.165, 1.54) is 12.1 Å². The van der Waals surface area contributed by atoms with Crippen molar-refractivity contribution >= 4 is 40.8 Å². The highest BCUT2D eigenvalue weighted by atomic mass is 35.5. The van der Waals surface area contributed by atoms with E-state index in [2.05, 4.69) is 10.6 Å². The molecule has 1 fully saturated rings. The van der Waals surface area contributed by atoms with E-state index in [-0.39, 0.29) is 39.2 Å². The van der Waals surface area contributed by atoms with E-state index in [1.807, 2.05) is 6.92 Å². The first-order chi connectivity index (χ1) is 9.90. The van der Waals surface area contributed by atoms with E-state index >= 15 is 0 Å². The highest BCUT2D eigenvalue weighted by Crippen LogP contribution is 2.31. The van der Waals surface area contributed by atoms with Crippen LogP contribution in [-0.4, -0.2) is 29.6 Å². The topological polar surface area (TPSA) is 78.4 Å². The maximum absolute atomic E-state index is 12.3. The first-order valence-corrected chi connectivity index (χ1v) is 7.42. The van der Waals surface area contributed by atoms with Gasteiger partial charge in [0.25, 0.3) is 0 Å². The van der Waals surface area contributed by atoms with E-state index in [0.29, 0.717) is 0 Å². The van der Waals surface area contributed by atoms with Crippen LogP contribution in [0.5, 0.6) is 0 Å². The lowest BCUT2D eigenvalue weighted by molar-refractivity contribution is -0.119. The molecule has 2 atom stereocenters. The number of aromatic carboxylic acids is 1. The van der Waals surface area contributed by atoms with Crippen molar-refractivity contribution in [2.24, 2.45) is 5.92 Å². The highest BCUT2D eigenvalue weighted by Gasteiger charge is 2.28. The van der Waals surface area contributed by atoms with E-state index in [4.69, 9.17) is 23.2 Å². The largest absolute Gasteiger partial charge is 0.478 e. The zero-order chi connectivity index (χ0) is 15.6. The Bertz CT molecular complexity index is 578. The van der Waals surface area contributed by atoms with E-state index < -0.39 is 5.97 Å². The number of carboxylic acid groups (broad SMARTS) is 1. The number of rotatable bonds is 3. The van der Waals surface area contributed by atoms with Crippen LogP contribution < -0.4 is 10.6 Å². The van der Waals surface area contributed by atoms with Crippen LogP contribution >= 0.6 is 23.2 Å². The zero-order valence-corrected chi connectivity index (χ0v) is 13.0. The average molecular weight is 331 g/mol. The summed E-state index contributed by atoms with van der Waals surface area (Å²) in [4.78, 5) is 23.6. The van der Waals surface area contributed by atoms with Gasteiger partial charge in [-0.1, -0.05) is 30.1 Å². The van der Waals surface area contributed by atoms with Crippen molar-refractivity contribution in [3.05, 3.63) is 27.7 Å². The molecular formula is C14H16Cl2N2O3. The minimum absolute atomic E-state index is 0.0816. The number of nitrogens with one attached hydrogen (secondary N) is 2. The Hall–Kier alpha value is -1.30. The minimum atomic E-state index is -1.20. The molecule has 1 heterocycles. The van der Waals surface area contributed by atoms with Crippen LogP contribution in [0.2, 0.25) is 10.0 Å². The summed E-state index contributed by atoms with van der Waals surface area (Å²) in [7, 11) is 0. The molecule has 114 valence electrons. The molecule has 3 N–H and O–H groups in total. The Morgan fingerprint density at radius 2 is 2.10 bits per heavy atom. The van der Waals surface area contributed by atoms with Crippen LogP contribution in [0.3, 0.4) is 0 Å². The lowest BCUT2D eigenvalue weighted by Gasteiger charge is -2.29. The van der Waals surface area contributed by atoms with Gasteiger partial charge in [-0.3, -0.25) is 4.79 Å². The summed E-state index contributed by atoms with van der Waals surface area (Å²) >= 11 is 11.8. The van der Waals surface area contributed by atoms with Crippen LogP contribution in [-0.2, 0) is 4.79 Å². The number of halogens is 2. The Kier molecular flexibility index (Phi) is 5.08.